The SMILES string of the molecule is C=C(C(=O)c1cccc(C(=O)O)c1)[C@@H](O)CCCCCCCC. The lowest BCUT2D eigenvalue weighted by Gasteiger charge is -2.13. The van der Waals surface area contributed by atoms with Crippen molar-refractivity contribution in [1.82, 2.24) is 0 Å². The van der Waals surface area contributed by atoms with Gasteiger partial charge < -0.3 is 10.2 Å². The van der Waals surface area contributed by atoms with Gasteiger partial charge in [-0.2, -0.15) is 0 Å². The Bertz CT molecular complexity index is 548. The van der Waals surface area contributed by atoms with Crippen LogP contribution in [0.5, 0.6) is 0 Å². The zero-order chi connectivity index (χ0) is 17.2. The molecule has 0 amide bonds. The fraction of sp³-hybridized carbons (Fsp3) is 0.474. The van der Waals surface area contributed by atoms with Crippen molar-refractivity contribution in [2.75, 3.05) is 0 Å². The van der Waals surface area contributed by atoms with Crippen LogP contribution in [0, 0.1) is 0 Å². The van der Waals surface area contributed by atoms with Gasteiger partial charge in [0.15, 0.2) is 5.78 Å². The number of aromatic carboxylic acids is 1. The second-order valence-corrected chi connectivity index (χ2v) is 5.81. The lowest BCUT2D eigenvalue weighted by molar-refractivity contribution is 0.0697. The first-order valence-electron chi connectivity index (χ1n) is 8.22. The van der Waals surface area contributed by atoms with Gasteiger partial charge in [-0.1, -0.05) is 64.2 Å². The van der Waals surface area contributed by atoms with Crippen LogP contribution >= 0.6 is 0 Å². The number of hydrogen-bond acceptors (Lipinski definition) is 3. The lowest BCUT2D eigenvalue weighted by atomic mass is 9.95. The van der Waals surface area contributed by atoms with Crippen LogP contribution in [0.2, 0.25) is 0 Å². The first kappa shape index (κ1) is 19.1. The van der Waals surface area contributed by atoms with E-state index in [0.29, 0.717) is 6.42 Å². The summed E-state index contributed by atoms with van der Waals surface area (Å²) in [5, 5.41) is 19.1. The molecule has 0 radical (unpaired) electrons. The van der Waals surface area contributed by atoms with Crippen molar-refractivity contribution in [3.63, 3.8) is 0 Å². The monoisotopic (exact) mass is 318 g/mol. The molecule has 0 bridgehead atoms. The highest BCUT2D eigenvalue weighted by Gasteiger charge is 2.18. The molecule has 0 saturated carbocycles. The fourth-order valence-electron chi connectivity index (χ4n) is 2.42. The van der Waals surface area contributed by atoms with Crippen LogP contribution in [0.25, 0.3) is 0 Å². The summed E-state index contributed by atoms with van der Waals surface area (Å²) in [6.45, 7) is 5.85. The maximum absolute atomic E-state index is 12.3. The third kappa shape index (κ3) is 6.37. The molecule has 0 saturated heterocycles. The molecule has 1 aromatic rings. The Kier molecular flexibility index (Phi) is 8.27. The molecule has 126 valence electrons. The lowest BCUT2D eigenvalue weighted by Crippen LogP contribution is -2.17. The number of aliphatic hydroxyl groups excluding tert-OH is 1. The predicted molar refractivity (Wildman–Crippen MR) is 90.9 cm³/mol. The predicted octanol–water partition coefficient (Wildman–Crippen LogP) is 4.24. The van der Waals surface area contributed by atoms with Crippen molar-refractivity contribution in [3.05, 3.63) is 47.5 Å². The molecule has 2 N–H and O–H groups in total. The molecule has 1 aromatic carbocycles. The molecule has 1 rings (SSSR count). The molecule has 23 heavy (non-hydrogen) atoms. The molecule has 0 aliphatic carbocycles. The molecule has 0 spiro atoms. The number of carboxylic acids is 1. The second kappa shape index (κ2) is 9.95. The van der Waals surface area contributed by atoms with Crippen molar-refractivity contribution < 1.29 is 19.8 Å². The molecule has 0 unspecified atom stereocenters. The largest absolute Gasteiger partial charge is 0.478 e. The van der Waals surface area contributed by atoms with Gasteiger partial charge in [0, 0.05) is 11.1 Å². The van der Waals surface area contributed by atoms with E-state index in [1.165, 1.54) is 43.5 Å². The third-order valence-electron chi connectivity index (χ3n) is 3.90. The Labute approximate surface area is 137 Å². The topological polar surface area (TPSA) is 74.6 Å². The van der Waals surface area contributed by atoms with Crippen molar-refractivity contribution in [3.8, 4) is 0 Å². The van der Waals surface area contributed by atoms with Crippen LogP contribution < -0.4 is 0 Å². The van der Waals surface area contributed by atoms with Crippen LogP contribution in [0.3, 0.4) is 0 Å². The number of hydrogen-bond donors (Lipinski definition) is 2. The summed E-state index contributed by atoms with van der Waals surface area (Å²) < 4.78 is 0. The zero-order valence-electron chi connectivity index (χ0n) is 13.8. The van der Waals surface area contributed by atoms with Gasteiger partial charge in [-0.05, 0) is 18.6 Å². The smallest absolute Gasteiger partial charge is 0.335 e. The Morgan fingerprint density at radius 2 is 1.70 bits per heavy atom. The number of carboxylic acid groups (broad SMARTS) is 1. The Hall–Kier alpha value is -1.94. The molecule has 0 heterocycles. The highest BCUT2D eigenvalue weighted by Crippen LogP contribution is 2.17. The van der Waals surface area contributed by atoms with E-state index in [9.17, 15) is 14.7 Å². The van der Waals surface area contributed by atoms with Gasteiger partial charge in [-0.3, -0.25) is 4.79 Å². The van der Waals surface area contributed by atoms with E-state index < -0.39 is 17.9 Å². The maximum atomic E-state index is 12.3. The quantitative estimate of drug-likeness (QED) is 0.363. The van der Waals surface area contributed by atoms with Crippen LogP contribution in [0.15, 0.2) is 36.4 Å². The standard InChI is InChI=1S/C19H26O4/c1-3-4-5-6-7-8-12-17(20)14(2)18(21)15-10-9-11-16(13-15)19(22)23/h9-11,13,17,20H,2-8,12H2,1H3,(H,22,23)/t17-/m0/s1. The molecule has 0 fully saturated rings. The van der Waals surface area contributed by atoms with Crippen molar-refractivity contribution in [2.24, 2.45) is 0 Å². The van der Waals surface area contributed by atoms with Crippen LogP contribution in [-0.4, -0.2) is 28.1 Å². The summed E-state index contributed by atoms with van der Waals surface area (Å²) in [5.41, 5.74) is 0.423. The van der Waals surface area contributed by atoms with Crippen LogP contribution in [0.4, 0.5) is 0 Å². The summed E-state index contributed by atoms with van der Waals surface area (Å²) in [7, 11) is 0. The zero-order valence-corrected chi connectivity index (χ0v) is 13.8. The molecule has 1 atom stereocenters. The first-order chi connectivity index (χ1) is 11.0. The van der Waals surface area contributed by atoms with E-state index in [1.54, 1.807) is 0 Å². The minimum absolute atomic E-state index is 0.0501. The van der Waals surface area contributed by atoms with Gasteiger partial charge in [0.1, 0.15) is 0 Å². The van der Waals surface area contributed by atoms with Crippen molar-refractivity contribution in [1.29, 1.82) is 0 Å². The summed E-state index contributed by atoms with van der Waals surface area (Å²) in [4.78, 5) is 23.2. The van der Waals surface area contributed by atoms with E-state index >= 15 is 0 Å². The maximum Gasteiger partial charge on any atom is 0.335 e. The minimum atomic E-state index is -1.09. The summed E-state index contributed by atoms with van der Waals surface area (Å²) >= 11 is 0. The van der Waals surface area contributed by atoms with Gasteiger partial charge >= 0.3 is 5.97 Å². The van der Waals surface area contributed by atoms with Crippen LogP contribution in [-0.2, 0) is 0 Å². The number of rotatable bonds is 11. The molecule has 0 aromatic heterocycles. The normalized spacial score (nSPS) is 11.9. The number of Topliss-reactive ketones (excluding diaryl/α,β-unsaturated/α-hetero) is 1. The molecule has 4 heteroatoms. The highest BCUT2D eigenvalue weighted by atomic mass is 16.4. The molecule has 4 nitrogen and oxygen atoms in total. The van der Waals surface area contributed by atoms with Crippen LogP contribution in [0.1, 0.15) is 72.6 Å². The Morgan fingerprint density at radius 1 is 1.09 bits per heavy atom. The van der Waals surface area contributed by atoms with Gasteiger partial charge in [-0.25, -0.2) is 4.79 Å². The van der Waals surface area contributed by atoms with E-state index in [2.05, 4.69) is 13.5 Å². The first-order valence-corrected chi connectivity index (χ1v) is 8.22. The average molecular weight is 318 g/mol. The number of unbranched alkanes of at least 4 members (excludes halogenated alkanes) is 5. The van der Waals surface area contributed by atoms with E-state index in [-0.39, 0.29) is 16.7 Å². The number of carbonyl (C=O) groups is 2. The summed E-state index contributed by atoms with van der Waals surface area (Å²) in [6, 6.07) is 5.80. The average Bonchev–Trinajstić information content (AvgIpc) is 2.56. The van der Waals surface area contributed by atoms with Crippen molar-refractivity contribution in [2.45, 2.75) is 58.0 Å². The third-order valence-corrected chi connectivity index (χ3v) is 3.90. The minimum Gasteiger partial charge on any atom is -0.478 e. The van der Waals surface area contributed by atoms with Gasteiger partial charge in [0.25, 0.3) is 0 Å². The van der Waals surface area contributed by atoms with Crippen molar-refractivity contribution >= 4 is 11.8 Å². The number of benzene rings is 1. The van der Waals surface area contributed by atoms with E-state index in [1.807, 2.05) is 0 Å². The highest BCUT2D eigenvalue weighted by molar-refractivity contribution is 6.09. The van der Waals surface area contributed by atoms with E-state index in [0.717, 1.165) is 19.3 Å². The fourth-order valence-corrected chi connectivity index (χ4v) is 2.42. The second-order valence-electron chi connectivity index (χ2n) is 5.81. The molecular formula is C19H26O4. The summed E-state index contributed by atoms with van der Waals surface area (Å²) in [5.74, 6) is -1.48. The number of ketones is 1. The number of aliphatic hydroxyl groups is 1. The Morgan fingerprint density at radius 3 is 2.35 bits per heavy atom. The van der Waals surface area contributed by atoms with Gasteiger partial charge in [-0.15, -0.1) is 0 Å². The molecule has 0 aliphatic heterocycles. The summed E-state index contributed by atoms with van der Waals surface area (Å²) in [6.07, 6.45) is 6.30. The Balaban J connectivity index is 2.50. The van der Waals surface area contributed by atoms with E-state index in [4.69, 9.17) is 5.11 Å². The van der Waals surface area contributed by atoms with Gasteiger partial charge in [0.2, 0.25) is 0 Å². The molecule has 0 aliphatic rings. The number of carbonyl (C=O) groups excluding carboxylic acids is 1. The van der Waals surface area contributed by atoms with Gasteiger partial charge in [0.05, 0.1) is 11.7 Å². The molecular weight excluding hydrogens is 292 g/mol.